The molecule has 5 rings (SSSR count). The van der Waals surface area contributed by atoms with Gasteiger partial charge in [0.05, 0.1) is 5.52 Å². The summed E-state index contributed by atoms with van der Waals surface area (Å²) in [5.74, 6) is 1.57. The predicted octanol–water partition coefficient (Wildman–Crippen LogP) is 3.35. The number of pyridine rings is 1. The summed E-state index contributed by atoms with van der Waals surface area (Å²) in [5, 5.41) is 8.27. The van der Waals surface area contributed by atoms with Crippen LogP contribution in [0.3, 0.4) is 0 Å². The molecule has 2 atom stereocenters. The molecule has 1 saturated carbocycles. The quantitative estimate of drug-likeness (QED) is 0.739. The second kappa shape index (κ2) is 7.02. The minimum Gasteiger partial charge on any atom is -0.360 e. The van der Waals surface area contributed by atoms with E-state index in [2.05, 4.69) is 51.5 Å². The van der Waals surface area contributed by atoms with Gasteiger partial charge in [0.25, 0.3) is 5.91 Å². The molecule has 0 unspecified atom stereocenters. The van der Waals surface area contributed by atoms with Crippen LogP contribution in [0.25, 0.3) is 10.9 Å². The van der Waals surface area contributed by atoms with Crippen molar-refractivity contribution >= 4 is 16.8 Å². The number of carbonyl (C=O) groups excluding carboxylic acids is 1. The standard InChI is InChI=1S/C22H24N4O2/c1-14-11-26(12-15-4-7-18-17(9-15)3-2-8-23-18)13-20(14)24-22(27)19-10-21(28-25-19)16-5-6-16/h2-4,7-10,14,16,20H,5-6,11-13H2,1H3,(H,24,27)/t14-,20-/m0/s1. The molecule has 28 heavy (non-hydrogen) atoms. The lowest BCUT2D eigenvalue weighted by Crippen LogP contribution is -2.39. The lowest BCUT2D eigenvalue weighted by atomic mass is 10.1. The van der Waals surface area contributed by atoms with Gasteiger partial charge < -0.3 is 9.84 Å². The second-order valence-electron chi connectivity index (χ2n) is 8.17. The van der Waals surface area contributed by atoms with Crippen LogP contribution in [0.1, 0.15) is 47.5 Å². The molecule has 144 valence electrons. The van der Waals surface area contributed by atoms with Crippen LogP contribution in [0.2, 0.25) is 0 Å². The molecule has 2 aliphatic rings. The molecule has 3 aromatic rings. The minimum atomic E-state index is -0.133. The number of nitrogens with zero attached hydrogens (tertiary/aromatic N) is 3. The third-order valence-corrected chi connectivity index (χ3v) is 5.82. The number of fused-ring (bicyclic) bond motifs is 1. The van der Waals surface area contributed by atoms with E-state index < -0.39 is 0 Å². The molecule has 1 aliphatic heterocycles. The Bertz CT molecular complexity index is 1010. The van der Waals surface area contributed by atoms with Gasteiger partial charge in [-0.25, -0.2) is 0 Å². The van der Waals surface area contributed by atoms with E-state index in [1.807, 2.05) is 12.3 Å². The topological polar surface area (TPSA) is 71.3 Å². The average Bonchev–Trinajstić information content (AvgIpc) is 3.33. The average molecular weight is 376 g/mol. The van der Waals surface area contributed by atoms with Crippen LogP contribution in [0, 0.1) is 5.92 Å². The molecule has 1 N–H and O–H groups in total. The first-order valence-corrected chi connectivity index (χ1v) is 9.99. The maximum absolute atomic E-state index is 12.6. The third-order valence-electron chi connectivity index (χ3n) is 5.82. The van der Waals surface area contributed by atoms with Crippen LogP contribution in [0.15, 0.2) is 47.1 Å². The second-order valence-corrected chi connectivity index (χ2v) is 8.17. The fourth-order valence-corrected chi connectivity index (χ4v) is 4.06. The van der Waals surface area contributed by atoms with Gasteiger partial charge in [-0.05, 0) is 42.5 Å². The largest absolute Gasteiger partial charge is 0.360 e. The van der Waals surface area contributed by atoms with Gasteiger partial charge in [0.15, 0.2) is 5.69 Å². The number of benzene rings is 1. The van der Waals surface area contributed by atoms with Gasteiger partial charge in [0, 0.05) is 49.2 Å². The normalized spacial score (nSPS) is 22.6. The highest BCUT2D eigenvalue weighted by molar-refractivity contribution is 5.92. The van der Waals surface area contributed by atoms with Gasteiger partial charge in [0.2, 0.25) is 0 Å². The fraction of sp³-hybridized carbons (Fsp3) is 0.409. The molecule has 1 saturated heterocycles. The van der Waals surface area contributed by atoms with Crippen molar-refractivity contribution < 1.29 is 9.32 Å². The van der Waals surface area contributed by atoms with Crippen LogP contribution in [-0.2, 0) is 6.54 Å². The first kappa shape index (κ1) is 17.4. The number of carbonyl (C=O) groups is 1. The van der Waals surface area contributed by atoms with Crippen molar-refractivity contribution in [2.24, 2.45) is 5.92 Å². The summed E-state index contributed by atoms with van der Waals surface area (Å²) >= 11 is 0. The first-order chi connectivity index (χ1) is 13.7. The summed E-state index contributed by atoms with van der Waals surface area (Å²) in [6.45, 7) is 4.86. The fourth-order valence-electron chi connectivity index (χ4n) is 4.06. The van der Waals surface area contributed by atoms with Gasteiger partial charge in [0.1, 0.15) is 5.76 Å². The molecule has 0 radical (unpaired) electrons. The van der Waals surface area contributed by atoms with Crippen molar-refractivity contribution in [2.45, 2.75) is 38.3 Å². The van der Waals surface area contributed by atoms with E-state index in [9.17, 15) is 4.79 Å². The van der Waals surface area contributed by atoms with Gasteiger partial charge in [-0.1, -0.05) is 24.2 Å². The summed E-state index contributed by atoms with van der Waals surface area (Å²) in [7, 11) is 0. The molecule has 6 nitrogen and oxygen atoms in total. The van der Waals surface area contributed by atoms with E-state index in [-0.39, 0.29) is 11.9 Å². The highest BCUT2D eigenvalue weighted by Crippen LogP contribution is 2.40. The molecule has 0 bridgehead atoms. The minimum absolute atomic E-state index is 0.121. The van der Waals surface area contributed by atoms with E-state index in [1.165, 1.54) is 5.56 Å². The molecule has 2 fully saturated rings. The number of rotatable bonds is 5. The maximum Gasteiger partial charge on any atom is 0.273 e. The summed E-state index contributed by atoms with van der Waals surface area (Å²) in [5.41, 5.74) is 2.68. The molecule has 1 aromatic carbocycles. The van der Waals surface area contributed by atoms with E-state index in [1.54, 1.807) is 6.07 Å². The number of amides is 1. The Morgan fingerprint density at radius 3 is 3.00 bits per heavy atom. The Balaban J connectivity index is 1.22. The molecule has 1 amide bonds. The van der Waals surface area contributed by atoms with Crippen molar-refractivity contribution in [1.82, 2.24) is 20.4 Å². The van der Waals surface area contributed by atoms with Gasteiger partial charge in [-0.2, -0.15) is 0 Å². The van der Waals surface area contributed by atoms with Crippen molar-refractivity contribution in [3.63, 3.8) is 0 Å². The van der Waals surface area contributed by atoms with Crippen molar-refractivity contribution in [3.05, 3.63) is 59.6 Å². The Hall–Kier alpha value is -2.73. The van der Waals surface area contributed by atoms with Gasteiger partial charge >= 0.3 is 0 Å². The third kappa shape index (κ3) is 3.52. The van der Waals surface area contributed by atoms with E-state index in [0.29, 0.717) is 17.5 Å². The molecule has 0 spiro atoms. The number of aromatic nitrogens is 2. The van der Waals surface area contributed by atoms with Crippen molar-refractivity contribution in [2.75, 3.05) is 13.1 Å². The Morgan fingerprint density at radius 2 is 2.14 bits per heavy atom. The van der Waals surface area contributed by atoms with Crippen molar-refractivity contribution in [1.29, 1.82) is 0 Å². The SMILES string of the molecule is C[C@H]1CN(Cc2ccc3ncccc3c2)C[C@@H]1NC(=O)c1cc(C2CC2)on1. The molecular formula is C22H24N4O2. The Morgan fingerprint density at radius 1 is 1.25 bits per heavy atom. The molecular weight excluding hydrogens is 352 g/mol. The van der Waals surface area contributed by atoms with Crippen LogP contribution < -0.4 is 5.32 Å². The predicted molar refractivity (Wildman–Crippen MR) is 106 cm³/mol. The summed E-state index contributed by atoms with van der Waals surface area (Å²) < 4.78 is 5.31. The number of hydrogen-bond acceptors (Lipinski definition) is 5. The zero-order valence-corrected chi connectivity index (χ0v) is 16.0. The zero-order chi connectivity index (χ0) is 19.1. The lowest BCUT2D eigenvalue weighted by Gasteiger charge is -2.17. The molecule has 3 heterocycles. The van der Waals surface area contributed by atoms with Gasteiger partial charge in [-0.15, -0.1) is 0 Å². The van der Waals surface area contributed by atoms with Crippen LogP contribution in [0.4, 0.5) is 0 Å². The summed E-state index contributed by atoms with van der Waals surface area (Å²) in [6, 6.07) is 12.4. The van der Waals surface area contributed by atoms with Crippen LogP contribution >= 0.6 is 0 Å². The Labute approximate surface area is 163 Å². The molecule has 1 aliphatic carbocycles. The number of likely N-dealkylation sites (tertiary alicyclic amines) is 1. The van der Waals surface area contributed by atoms with E-state index >= 15 is 0 Å². The highest BCUT2D eigenvalue weighted by Gasteiger charge is 2.33. The monoisotopic (exact) mass is 376 g/mol. The van der Waals surface area contributed by atoms with Crippen molar-refractivity contribution in [3.8, 4) is 0 Å². The zero-order valence-electron chi connectivity index (χ0n) is 16.0. The summed E-state index contributed by atoms with van der Waals surface area (Å²) in [4.78, 5) is 19.3. The van der Waals surface area contributed by atoms with E-state index in [0.717, 1.165) is 49.1 Å². The molecule has 2 aromatic heterocycles. The summed E-state index contributed by atoms with van der Waals surface area (Å²) in [6.07, 6.45) is 4.09. The van der Waals surface area contributed by atoms with Crippen LogP contribution in [-0.4, -0.2) is 40.1 Å². The Kier molecular flexibility index (Phi) is 4.36. The lowest BCUT2D eigenvalue weighted by molar-refractivity contribution is 0.0922. The van der Waals surface area contributed by atoms with Gasteiger partial charge in [-0.3, -0.25) is 14.7 Å². The number of nitrogens with one attached hydrogen (secondary N) is 1. The smallest absolute Gasteiger partial charge is 0.273 e. The highest BCUT2D eigenvalue weighted by atomic mass is 16.5. The van der Waals surface area contributed by atoms with Crippen LogP contribution in [0.5, 0.6) is 0 Å². The molecule has 6 heteroatoms. The maximum atomic E-state index is 12.6. The van der Waals surface area contributed by atoms with E-state index in [4.69, 9.17) is 4.52 Å². The first-order valence-electron chi connectivity index (χ1n) is 9.99. The number of hydrogen-bond donors (Lipinski definition) is 1.